The maximum Gasteiger partial charge on any atom is 0.316 e. The van der Waals surface area contributed by atoms with E-state index in [0.717, 1.165) is 11.3 Å². The molecule has 4 atom stereocenters. The Morgan fingerprint density at radius 2 is 1.76 bits per heavy atom. The molecule has 3 amide bonds. The van der Waals surface area contributed by atoms with Gasteiger partial charge in [-0.2, -0.15) is 0 Å². The predicted molar refractivity (Wildman–Crippen MR) is 126 cm³/mol. The Kier molecular flexibility index (Phi) is 5.55. The summed E-state index contributed by atoms with van der Waals surface area (Å²) < 4.78 is 5.59. The summed E-state index contributed by atoms with van der Waals surface area (Å²) in [6.45, 7) is 4.14. The number of aryl methyl sites for hydroxylation is 1. The number of carbonyl (C=O) groups excluding carboxylic acids is 4. The molecule has 2 aliphatic heterocycles. The zero-order chi connectivity index (χ0) is 24.0. The predicted octanol–water partition coefficient (Wildman–Crippen LogP) is 3.66. The lowest BCUT2D eigenvalue weighted by Gasteiger charge is -2.22. The van der Waals surface area contributed by atoms with Crippen LogP contribution in [0.25, 0.3) is 0 Å². The molecule has 0 radical (unpaired) electrons. The van der Waals surface area contributed by atoms with E-state index in [-0.39, 0.29) is 54.2 Å². The number of esters is 1. The summed E-state index contributed by atoms with van der Waals surface area (Å²) in [6, 6.07) is 14.1. The van der Waals surface area contributed by atoms with Crippen molar-refractivity contribution in [3.05, 3.63) is 66.2 Å². The van der Waals surface area contributed by atoms with Crippen molar-refractivity contribution >= 4 is 35.1 Å². The van der Waals surface area contributed by atoms with Crippen LogP contribution < -0.4 is 14.5 Å². The first kappa shape index (κ1) is 22.1. The van der Waals surface area contributed by atoms with Crippen molar-refractivity contribution in [3.8, 4) is 5.75 Å². The molecule has 2 fully saturated rings. The van der Waals surface area contributed by atoms with Gasteiger partial charge in [0.2, 0.25) is 17.7 Å². The quantitative estimate of drug-likeness (QED) is 0.302. The van der Waals surface area contributed by atoms with Crippen LogP contribution in [0.5, 0.6) is 5.75 Å². The number of fused-ring (bicyclic) bond motifs is 1. The van der Waals surface area contributed by atoms with Crippen molar-refractivity contribution in [3.63, 3.8) is 0 Å². The summed E-state index contributed by atoms with van der Waals surface area (Å²) >= 11 is 0. The Balaban J connectivity index is 1.30. The molecular formula is C27H26N2O5. The highest BCUT2D eigenvalue weighted by atomic mass is 16.5. The number of anilines is 2. The summed E-state index contributed by atoms with van der Waals surface area (Å²) in [5, 5.41) is 0. The topological polar surface area (TPSA) is 84.0 Å². The third-order valence-electron chi connectivity index (χ3n) is 6.94. The molecule has 0 unspecified atom stereocenters. The van der Waals surface area contributed by atoms with Crippen LogP contribution >= 0.6 is 0 Å². The van der Waals surface area contributed by atoms with Crippen LogP contribution in [0.3, 0.4) is 0 Å². The van der Waals surface area contributed by atoms with E-state index in [2.05, 4.69) is 0 Å². The Morgan fingerprint density at radius 1 is 1.00 bits per heavy atom. The molecule has 7 heteroatoms. The zero-order valence-corrected chi connectivity index (χ0v) is 19.1. The van der Waals surface area contributed by atoms with E-state index in [1.807, 2.05) is 50.3 Å². The average molecular weight is 459 g/mol. The molecule has 2 heterocycles. The number of hydrogen-bond donors (Lipinski definition) is 0. The molecule has 2 saturated heterocycles. The van der Waals surface area contributed by atoms with Gasteiger partial charge in [0.15, 0.2) is 0 Å². The molecule has 1 aliphatic carbocycles. The first-order valence-corrected chi connectivity index (χ1v) is 11.6. The van der Waals surface area contributed by atoms with E-state index >= 15 is 0 Å². The van der Waals surface area contributed by atoms with Gasteiger partial charge in [-0.05, 0) is 49.1 Å². The molecular weight excluding hydrogens is 432 g/mol. The van der Waals surface area contributed by atoms with Crippen LogP contribution in [-0.4, -0.2) is 30.2 Å². The molecule has 174 valence electrons. The minimum Gasteiger partial charge on any atom is -0.426 e. The Morgan fingerprint density at radius 3 is 2.53 bits per heavy atom. The molecule has 34 heavy (non-hydrogen) atoms. The van der Waals surface area contributed by atoms with Crippen LogP contribution in [0.4, 0.5) is 11.4 Å². The number of ether oxygens (including phenoxy) is 1. The lowest BCUT2D eigenvalue weighted by molar-refractivity contribution is -0.139. The van der Waals surface area contributed by atoms with E-state index in [1.165, 1.54) is 11.0 Å². The van der Waals surface area contributed by atoms with Crippen LogP contribution in [-0.2, 0) is 19.2 Å². The second-order valence-corrected chi connectivity index (χ2v) is 9.33. The second-order valence-electron chi connectivity index (χ2n) is 9.33. The molecule has 0 aromatic heterocycles. The molecule has 7 nitrogen and oxygen atoms in total. The Labute approximate surface area is 198 Å². The third kappa shape index (κ3) is 3.81. The van der Waals surface area contributed by atoms with Gasteiger partial charge >= 0.3 is 5.97 Å². The van der Waals surface area contributed by atoms with Gasteiger partial charge in [0, 0.05) is 24.7 Å². The Bertz CT molecular complexity index is 1220. The normalized spacial score (nSPS) is 26.2. The van der Waals surface area contributed by atoms with Gasteiger partial charge in [-0.1, -0.05) is 37.3 Å². The van der Waals surface area contributed by atoms with E-state index in [4.69, 9.17) is 4.74 Å². The maximum atomic E-state index is 13.1. The van der Waals surface area contributed by atoms with E-state index in [0.29, 0.717) is 12.1 Å². The number of benzene rings is 2. The van der Waals surface area contributed by atoms with E-state index < -0.39 is 11.9 Å². The highest BCUT2D eigenvalue weighted by Gasteiger charge is 2.50. The molecule has 0 spiro atoms. The van der Waals surface area contributed by atoms with E-state index in [1.54, 1.807) is 23.1 Å². The van der Waals surface area contributed by atoms with Gasteiger partial charge in [0.05, 0.1) is 23.4 Å². The number of rotatable bonds is 4. The lowest BCUT2D eigenvalue weighted by atomic mass is 9.78. The molecule has 0 saturated carbocycles. The Hall–Kier alpha value is -3.74. The van der Waals surface area contributed by atoms with Crippen LogP contribution in [0.1, 0.15) is 25.3 Å². The maximum absolute atomic E-state index is 13.1. The van der Waals surface area contributed by atoms with Crippen molar-refractivity contribution in [1.29, 1.82) is 0 Å². The summed E-state index contributed by atoms with van der Waals surface area (Å²) in [5.74, 6) is -2.14. The van der Waals surface area contributed by atoms with Crippen molar-refractivity contribution in [1.82, 2.24) is 0 Å². The van der Waals surface area contributed by atoms with Crippen molar-refractivity contribution in [2.75, 3.05) is 16.3 Å². The summed E-state index contributed by atoms with van der Waals surface area (Å²) in [4.78, 5) is 54.3. The fourth-order valence-electron chi connectivity index (χ4n) is 5.20. The minimum absolute atomic E-state index is 0.00235. The molecule has 0 N–H and O–H groups in total. The second kappa shape index (κ2) is 8.56. The standard InChI is InChI=1S/C27H26N2O5/c1-16-6-3-8-19(12-16)28-15-18(13-23(28)30)27(33)34-21-10-5-9-20(14-21)29-25(31)22-11-4-7-17(2)24(22)26(29)32/h3-10,12,14,17-18,22,24H,11,13,15H2,1-2H3/t17-,18+,22-,24-/m0/s1. The first-order chi connectivity index (χ1) is 16.3. The lowest BCUT2D eigenvalue weighted by Crippen LogP contribution is -2.31. The van der Waals surface area contributed by atoms with E-state index in [9.17, 15) is 19.2 Å². The zero-order valence-electron chi connectivity index (χ0n) is 19.1. The van der Waals surface area contributed by atoms with Crippen molar-refractivity contribution < 1.29 is 23.9 Å². The SMILES string of the molecule is Cc1cccc(N2C[C@H](C(=O)Oc3cccc(N4C(=O)[C@@H]5[C@H](CC=C[C@@H]5C)C4=O)c3)CC2=O)c1. The van der Waals surface area contributed by atoms with Gasteiger partial charge in [0.1, 0.15) is 5.75 Å². The van der Waals surface area contributed by atoms with Crippen LogP contribution in [0.15, 0.2) is 60.7 Å². The van der Waals surface area contributed by atoms with Gasteiger partial charge in [-0.25, -0.2) is 4.90 Å². The largest absolute Gasteiger partial charge is 0.426 e. The number of carbonyl (C=O) groups is 4. The number of hydrogen-bond acceptors (Lipinski definition) is 5. The molecule has 3 aliphatic rings. The third-order valence-corrected chi connectivity index (χ3v) is 6.94. The van der Waals surface area contributed by atoms with Crippen LogP contribution in [0, 0.1) is 30.6 Å². The van der Waals surface area contributed by atoms with Crippen LogP contribution in [0.2, 0.25) is 0 Å². The number of allylic oxidation sites excluding steroid dienone is 2. The van der Waals surface area contributed by atoms with Crippen molar-refractivity contribution in [2.45, 2.75) is 26.7 Å². The number of nitrogens with zero attached hydrogens (tertiary/aromatic N) is 2. The average Bonchev–Trinajstić information content (AvgIpc) is 3.32. The fraction of sp³-hybridized carbons (Fsp3) is 0.333. The molecule has 5 rings (SSSR count). The summed E-state index contributed by atoms with van der Waals surface area (Å²) in [5.41, 5.74) is 2.19. The number of amides is 3. The van der Waals surface area contributed by atoms with Gasteiger partial charge in [0.25, 0.3) is 0 Å². The highest BCUT2D eigenvalue weighted by molar-refractivity contribution is 6.22. The summed E-state index contributed by atoms with van der Waals surface area (Å²) in [7, 11) is 0. The fourth-order valence-corrected chi connectivity index (χ4v) is 5.20. The monoisotopic (exact) mass is 458 g/mol. The molecule has 2 aromatic carbocycles. The minimum atomic E-state index is -0.596. The van der Waals surface area contributed by atoms with Crippen molar-refractivity contribution in [2.24, 2.45) is 23.7 Å². The van der Waals surface area contributed by atoms with Gasteiger partial charge < -0.3 is 9.64 Å². The first-order valence-electron chi connectivity index (χ1n) is 11.6. The van der Waals surface area contributed by atoms with Gasteiger partial charge in [-0.3, -0.25) is 19.2 Å². The molecule has 0 bridgehead atoms. The summed E-state index contributed by atoms with van der Waals surface area (Å²) in [6.07, 6.45) is 4.57. The molecule has 2 aromatic rings. The smallest absolute Gasteiger partial charge is 0.316 e. The number of imide groups is 1. The highest BCUT2D eigenvalue weighted by Crippen LogP contribution is 2.41. The van der Waals surface area contributed by atoms with Gasteiger partial charge in [-0.15, -0.1) is 0 Å².